The second kappa shape index (κ2) is 9.28. The summed E-state index contributed by atoms with van der Waals surface area (Å²) in [6.07, 6.45) is 2.37. The summed E-state index contributed by atoms with van der Waals surface area (Å²) in [4.78, 5) is 30.6. The van der Waals surface area contributed by atoms with Crippen molar-refractivity contribution in [1.29, 1.82) is 0 Å². The molecule has 5 nitrogen and oxygen atoms in total. The van der Waals surface area contributed by atoms with Crippen LogP contribution in [0, 0.1) is 13.8 Å². The Morgan fingerprint density at radius 1 is 1.07 bits per heavy atom. The Bertz CT molecular complexity index is 940. The van der Waals surface area contributed by atoms with Gasteiger partial charge in [-0.2, -0.15) is 0 Å². The summed E-state index contributed by atoms with van der Waals surface area (Å²) in [7, 11) is 0. The second-order valence-corrected chi connectivity index (χ2v) is 7.56. The van der Waals surface area contributed by atoms with Crippen molar-refractivity contribution in [3.8, 4) is 0 Å². The molecule has 2 heterocycles. The smallest absolute Gasteiger partial charge is 0.252 e. The number of nitrogens with zero attached hydrogens (tertiary/aromatic N) is 1. The lowest BCUT2D eigenvalue weighted by Crippen LogP contribution is -2.40. The molecule has 2 amide bonds. The van der Waals surface area contributed by atoms with E-state index in [2.05, 4.69) is 15.6 Å². The molecule has 28 heavy (non-hydrogen) atoms. The number of benzene rings is 1. The molecule has 0 aliphatic carbocycles. The van der Waals surface area contributed by atoms with Crippen molar-refractivity contribution >= 4 is 23.2 Å². The first-order valence-electron chi connectivity index (χ1n) is 9.14. The Labute approximate surface area is 168 Å². The van der Waals surface area contributed by atoms with Crippen molar-refractivity contribution in [2.75, 3.05) is 6.54 Å². The fraction of sp³-hybridized carbons (Fsp3) is 0.227. The van der Waals surface area contributed by atoms with Crippen molar-refractivity contribution in [1.82, 2.24) is 15.6 Å². The molecule has 2 aromatic heterocycles. The van der Waals surface area contributed by atoms with E-state index >= 15 is 0 Å². The van der Waals surface area contributed by atoms with Gasteiger partial charge in [0, 0.05) is 35.3 Å². The molecule has 3 aromatic rings. The van der Waals surface area contributed by atoms with Gasteiger partial charge in [-0.05, 0) is 60.7 Å². The minimum Gasteiger partial charge on any atom is -0.354 e. The Morgan fingerprint density at radius 2 is 1.93 bits per heavy atom. The van der Waals surface area contributed by atoms with Crippen molar-refractivity contribution in [2.45, 2.75) is 26.3 Å². The molecule has 144 valence electrons. The van der Waals surface area contributed by atoms with Gasteiger partial charge in [0.25, 0.3) is 5.91 Å². The number of nitrogens with one attached hydrogen (secondary N) is 2. The van der Waals surface area contributed by atoms with Crippen LogP contribution in [0.2, 0.25) is 0 Å². The van der Waals surface area contributed by atoms with Gasteiger partial charge in [0.15, 0.2) is 0 Å². The van der Waals surface area contributed by atoms with E-state index < -0.39 is 6.04 Å². The summed E-state index contributed by atoms with van der Waals surface area (Å²) in [6, 6.07) is 14.2. The normalized spacial score (nSPS) is 11.6. The maximum atomic E-state index is 12.8. The standard InChI is InChI=1S/C22H23N3O2S/c1-15-8-9-17(14-16(15)2)21(26)25-20(19-7-5-13-28-19)22(27)24-12-10-18-6-3-4-11-23-18/h3-9,11,13-14,20H,10,12H2,1-2H3,(H,24,27)(H,25,26)/t20-/m1/s1. The van der Waals surface area contributed by atoms with Gasteiger partial charge in [0.2, 0.25) is 5.91 Å². The number of rotatable bonds is 7. The maximum absolute atomic E-state index is 12.8. The summed E-state index contributed by atoms with van der Waals surface area (Å²) in [6.45, 7) is 4.42. The first-order valence-corrected chi connectivity index (χ1v) is 10.0. The molecular weight excluding hydrogens is 370 g/mol. The predicted octanol–water partition coefficient (Wildman–Crippen LogP) is 3.59. The Kier molecular flexibility index (Phi) is 6.55. The quantitative estimate of drug-likeness (QED) is 0.644. The van der Waals surface area contributed by atoms with Crippen LogP contribution in [0.3, 0.4) is 0 Å². The van der Waals surface area contributed by atoms with E-state index in [0.717, 1.165) is 21.7 Å². The van der Waals surface area contributed by atoms with Crippen molar-refractivity contribution < 1.29 is 9.59 Å². The van der Waals surface area contributed by atoms with Gasteiger partial charge in [-0.25, -0.2) is 0 Å². The van der Waals surface area contributed by atoms with E-state index in [0.29, 0.717) is 18.5 Å². The average molecular weight is 394 g/mol. The summed E-state index contributed by atoms with van der Waals surface area (Å²) in [5.74, 6) is -0.489. The Hall–Kier alpha value is -2.99. The van der Waals surface area contributed by atoms with Gasteiger partial charge >= 0.3 is 0 Å². The number of hydrogen-bond donors (Lipinski definition) is 2. The van der Waals surface area contributed by atoms with Gasteiger partial charge < -0.3 is 10.6 Å². The zero-order chi connectivity index (χ0) is 19.9. The first kappa shape index (κ1) is 19.8. The minimum atomic E-state index is -0.724. The lowest BCUT2D eigenvalue weighted by molar-refractivity contribution is -0.123. The van der Waals surface area contributed by atoms with E-state index in [4.69, 9.17) is 0 Å². The molecule has 0 unspecified atom stereocenters. The summed E-state index contributed by atoms with van der Waals surface area (Å²) in [5, 5.41) is 7.68. The van der Waals surface area contributed by atoms with Gasteiger partial charge in [-0.15, -0.1) is 11.3 Å². The third-order valence-electron chi connectivity index (χ3n) is 4.54. The van der Waals surface area contributed by atoms with Crippen LogP contribution in [0.1, 0.15) is 38.1 Å². The van der Waals surface area contributed by atoms with E-state index in [1.165, 1.54) is 11.3 Å². The number of aryl methyl sites for hydroxylation is 2. The van der Waals surface area contributed by atoms with Crippen LogP contribution in [0.25, 0.3) is 0 Å². The predicted molar refractivity (Wildman–Crippen MR) is 111 cm³/mol. The lowest BCUT2D eigenvalue weighted by Gasteiger charge is -2.18. The van der Waals surface area contributed by atoms with Gasteiger partial charge in [-0.1, -0.05) is 18.2 Å². The molecule has 1 aromatic carbocycles. The molecule has 3 rings (SSSR count). The number of amides is 2. The van der Waals surface area contributed by atoms with Crippen LogP contribution < -0.4 is 10.6 Å². The lowest BCUT2D eigenvalue weighted by atomic mass is 10.1. The van der Waals surface area contributed by atoms with Crippen LogP contribution in [-0.4, -0.2) is 23.3 Å². The zero-order valence-corrected chi connectivity index (χ0v) is 16.8. The van der Waals surface area contributed by atoms with Gasteiger partial charge in [0.1, 0.15) is 6.04 Å². The van der Waals surface area contributed by atoms with E-state index in [1.807, 2.05) is 61.7 Å². The zero-order valence-electron chi connectivity index (χ0n) is 15.9. The third-order valence-corrected chi connectivity index (χ3v) is 5.48. The first-order chi connectivity index (χ1) is 13.5. The van der Waals surface area contributed by atoms with Crippen LogP contribution >= 0.6 is 11.3 Å². The highest BCUT2D eigenvalue weighted by molar-refractivity contribution is 7.10. The second-order valence-electron chi connectivity index (χ2n) is 6.58. The van der Waals surface area contributed by atoms with Crippen molar-refractivity contribution in [3.05, 3.63) is 87.4 Å². The number of carbonyl (C=O) groups excluding carboxylic acids is 2. The van der Waals surface area contributed by atoms with Crippen LogP contribution in [0.15, 0.2) is 60.1 Å². The number of hydrogen-bond acceptors (Lipinski definition) is 4. The van der Waals surface area contributed by atoms with Crippen LogP contribution in [0.4, 0.5) is 0 Å². The Morgan fingerprint density at radius 3 is 2.61 bits per heavy atom. The SMILES string of the molecule is Cc1ccc(C(=O)N[C@@H](C(=O)NCCc2ccccn2)c2cccs2)cc1C. The van der Waals surface area contributed by atoms with E-state index in [-0.39, 0.29) is 11.8 Å². The monoisotopic (exact) mass is 393 g/mol. The molecule has 0 spiro atoms. The largest absolute Gasteiger partial charge is 0.354 e. The molecule has 0 fully saturated rings. The number of thiophene rings is 1. The highest BCUT2D eigenvalue weighted by Crippen LogP contribution is 2.20. The molecule has 0 aliphatic heterocycles. The average Bonchev–Trinajstić information content (AvgIpc) is 3.23. The molecule has 0 aliphatic rings. The van der Waals surface area contributed by atoms with E-state index in [9.17, 15) is 9.59 Å². The molecule has 1 atom stereocenters. The molecule has 0 radical (unpaired) electrons. The van der Waals surface area contributed by atoms with Crippen LogP contribution in [-0.2, 0) is 11.2 Å². The summed E-state index contributed by atoms with van der Waals surface area (Å²) < 4.78 is 0. The fourth-order valence-electron chi connectivity index (χ4n) is 2.78. The minimum absolute atomic E-state index is 0.226. The van der Waals surface area contributed by atoms with Crippen molar-refractivity contribution in [3.63, 3.8) is 0 Å². The van der Waals surface area contributed by atoms with Gasteiger partial charge in [-0.3, -0.25) is 14.6 Å². The van der Waals surface area contributed by atoms with E-state index in [1.54, 1.807) is 12.3 Å². The maximum Gasteiger partial charge on any atom is 0.252 e. The van der Waals surface area contributed by atoms with Gasteiger partial charge in [0.05, 0.1) is 0 Å². The fourth-order valence-corrected chi connectivity index (χ4v) is 3.55. The molecule has 6 heteroatoms. The molecule has 0 bridgehead atoms. The number of carbonyl (C=O) groups is 2. The summed E-state index contributed by atoms with van der Waals surface area (Å²) >= 11 is 1.44. The topological polar surface area (TPSA) is 71.1 Å². The van der Waals surface area contributed by atoms with Crippen molar-refractivity contribution in [2.24, 2.45) is 0 Å². The highest BCUT2D eigenvalue weighted by atomic mass is 32.1. The number of pyridine rings is 1. The number of aromatic nitrogens is 1. The molecule has 0 saturated carbocycles. The highest BCUT2D eigenvalue weighted by Gasteiger charge is 2.24. The third kappa shape index (κ3) is 5.04. The molecule has 0 saturated heterocycles. The Balaban J connectivity index is 1.67. The molecule has 2 N–H and O–H groups in total. The van der Waals surface area contributed by atoms with Crippen LogP contribution in [0.5, 0.6) is 0 Å². The molecular formula is C22H23N3O2S. The summed E-state index contributed by atoms with van der Waals surface area (Å²) in [5.41, 5.74) is 3.62.